The summed E-state index contributed by atoms with van der Waals surface area (Å²) in [5.41, 5.74) is 5.22. The molecule has 0 bridgehead atoms. The lowest BCUT2D eigenvalue weighted by atomic mass is 9.78. The fraction of sp³-hybridized carbons (Fsp3) is 0.462. The van der Waals surface area contributed by atoms with Crippen LogP contribution in [0.1, 0.15) is 12.0 Å². The Morgan fingerprint density at radius 2 is 1.94 bits per heavy atom. The topological polar surface area (TPSA) is 92.8 Å². The summed E-state index contributed by atoms with van der Waals surface area (Å²) < 4.78 is 5.14. The minimum Gasteiger partial charge on any atom is -0.481 e. The summed E-state index contributed by atoms with van der Waals surface area (Å²) in [4.78, 5) is 11.5. The molecule has 0 saturated carbocycles. The lowest BCUT2D eigenvalue weighted by Crippen LogP contribution is -2.44. The van der Waals surface area contributed by atoms with Gasteiger partial charge in [-0.05, 0) is 12.0 Å². The number of aliphatic hydroxyl groups is 1. The van der Waals surface area contributed by atoms with Crippen LogP contribution in [0.2, 0.25) is 0 Å². The molecule has 4 N–H and O–H groups in total. The van der Waals surface area contributed by atoms with Crippen molar-refractivity contribution in [3.8, 4) is 0 Å². The molecule has 18 heavy (non-hydrogen) atoms. The molecule has 1 atom stereocenters. The molecule has 1 rings (SSSR count). The molecule has 0 fully saturated rings. The van der Waals surface area contributed by atoms with Gasteiger partial charge >= 0.3 is 5.97 Å². The van der Waals surface area contributed by atoms with Crippen molar-refractivity contribution < 1.29 is 19.7 Å². The number of carboxylic acid groups (broad SMARTS) is 1. The van der Waals surface area contributed by atoms with Crippen molar-refractivity contribution >= 4 is 5.97 Å². The minimum absolute atomic E-state index is 0.00876. The highest BCUT2D eigenvalue weighted by Crippen LogP contribution is 2.27. The van der Waals surface area contributed by atoms with Gasteiger partial charge < -0.3 is 20.7 Å². The van der Waals surface area contributed by atoms with Crippen molar-refractivity contribution in [2.24, 2.45) is 5.73 Å². The van der Waals surface area contributed by atoms with Gasteiger partial charge in [0.05, 0.1) is 13.2 Å². The third-order valence-electron chi connectivity index (χ3n) is 2.99. The first-order chi connectivity index (χ1) is 8.67. The van der Waals surface area contributed by atoms with E-state index < -0.39 is 11.4 Å². The van der Waals surface area contributed by atoms with Gasteiger partial charge in [0.15, 0.2) is 0 Å². The van der Waals surface area contributed by atoms with Gasteiger partial charge in [0.25, 0.3) is 0 Å². The number of carbonyl (C=O) groups is 1. The van der Waals surface area contributed by atoms with E-state index in [1.807, 2.05) is 6.07 Å². The highest BCUT2D eigenvalue weighted by atomic mass is 16.5. The maximum absolute atomic E-state index is 11.5. The summed E-state index contributed by atoms with van der Waals surface area (Å²) in [6.45, 7) is 0.386. The zero-order valence-electron chi connectivity index (χ0n) is 10.2. The second-order valence-electron chi connectivity index (χ2n) is 4.04. The van der Waals surface area contributed by atoms with Crippen molar-refractivity contribution in [1.29, 1.82) is 0 Å². The van der Waals surface area contributed by atoms with Crippen LogP contribution in [0.3, 0.4) is 0 Å². The van der Waals surface area contributed by atoms with Gasteiger partial charge in [0, 0.05) is 13.2 Å². The molecule has 1 aromatic carbocycles. The van der Waals surface area contributed by atoms with Gasteiger partial charge in [-0.3, -0.25) is 4.79 Å². The number of rotatable bonds is 8. The van der Waals surface area contributed by atoms with Crippen LogP contribution < -0.4 is 5.73 Å². The Balaban J connectivity index is 2.85. The maximum atomic E-state index is 11.5. The molecule has 5 nitrogen and oxygen atoms in total. The molecule has 1 unspecified atom stereocenters. The monoisotopic (exact) mass is 253 g/mol. The first kappa shape index (κ1) is 14.6. The van der Waals surface area contributed by atoms with E-state index in [9.17, 15) is 9.90 Å². The van der Waals surface area contributed by atoms with E-state index in [0.29, 0.717) is 5.56 Å². The average molecular weight is 253 g/mol. The zero-order valence-corrected chi connectivity index (χ0v) is 10.2. The van der Waals surface area contributed by atoms with E-state index in [0.717, 1.165) is 0 Å². The number of ether oxygens (including phenoxy) is 1. The molecule has 0 aliphatic heterocycles. The summed E-state index contributed by atoms with van der Waals surface area (Å²) in [5, 5.41) is 18.1. The van der Waals surface area contributed by atoms with Gasteiger partial charge in [0.2, 0.25) is 0 Å². The first-order valence-corrected chi connectivity index (χ1v) is 5.85. The molecule has 0 radical (unpaired) electrons. The number of hydrogen-bond donors (Lipinski definition) is 3. The smallest absolute Gasteiger partial charge is 0.315 e. The Morgan fingerprint density at radius 1 is 1.28 bits per heavy atom. The molecule has 0 aliphatic rings. The molecule has 5 heteroatoms. The number of hydrogen-bond acceptors (Lipinski definition) is 4. The van der Waals surface area contributed by atoms with Crippen molar-refractivity contribution in [2.45, 2.75) is 11.8 Å². The maximum Gasteiger partial charge on any atom is 0.315 e. The standard InChI is InChI=1S/C13H19NO4/c14-10-13(12(16)17,6-8-18-9-7-15)11-4-2-1-3-5-11/h1-5,15H,6-10,14H2,(H,16,17). The quantitative estimate of drug-likeness (QED) is 0.582. The van der Waals surface area contributed by atoms with E-state index in [2.05, 4.69) is 0 Å². The SMILES string of the molecule is NCC(CCOCCO)(C(=O)O)c1ccccc1. The molecule has 0 saturated heterocycles. The minimum atomic E-state index is -1.13. The third-order valence-corrected chi connectivity index (χ3v) is 2.99. The number of aliphatic carboxylic acids is 1. The van der Waals surface area contributed by atoms with Crippen LogP contribution in [-0.2, 0) is 14.9 Å². The van der Waals surface area contributed by atoms with Crippen LogP contribution in [-0.4, -0.2) is 42.5 Å². The van der Waals surface area contributed by atoms with Gasteiger partial charge in [0.1, 0.15) is 5.41 Å². The predicted molar refractivity (Wildman–Crippen MR) is 67.3 cm³/mol. The highest BCUT2D eigenvalue weighted by Gasteiger charge is 2.38. The van der Waals surface area contributed by atoms with Crippen molar-refractivity contribution in [1.82, 2.24) is 0 Å². The van der Waals surface area contributed by atoms with Crippen LogP contribution in [0.4, 0.5) is 0 Å². The van der Waals surface area contributed by atoms with Crippen LogP contribution in [0, 0.1) is 0 Å². The lowest BCUT2D eigenvalue weighted by molar-refractivity contribution is -0.144. The third kappa shape index (κ3) is 3.29. The van der Waals surface area contributed by atoms with Crippen molar-refractivity contribution in [3.63, 3.8) is 0 Å². The summed E-state index contributed by atoms with van der Waals surface area (Å²) in [7, 11) is 0. The molecule has 0 amide bonds. The molecular formula is C13H19NO4. The highest BCUT2D eigenvalue weighted by molar-refractivity contribution is 5.81. The fourth-order valence-corrected chi connectivity index (χ4v) is 1.85. The molecule has 1 aromatic rings. The Hall–Kier alpha value is -1.43. The van der Waals surface area contributed by atoms with E-state index >= 15 is 0 Å². The molecule has 0 spiro atoms. The van der Waals surface area contributed by atoms with E-state index in [1.54, 1.807) is 24.3 Å². The van der Waals surface area contributed by atoms with E-state index in [4.69, 9.17) is 15.6 Å². The summed E-state index contributed by atoms with van der Waals surface area (Å²) in [5.74, 6) is -0.955. The second kappa shape index (κ2) is 7.10. The number of aliphatic hydroxyl groups excluding tert-OH is 1. The van der Waals surface area contributed by atoms with Gasteiger partial charge in [-0.1, -0.05) is 30.3 Å². The summed E-state index contributed by atoms with van der Waals surface area (Å²) in [6.07, 6.45) is 0.281. The first-order valence-electron chi connectivity index (χ1n) is 5.85. The summed E-state index contributed by atoms with van der Waals surface area (Å²) in [6, 6.07) is 8.92. The summed E-state index contributed by atoms with van der Waals surface area (Å²) >= 11 is 0. The van der Waals surface area contributed by atoms with Crippen LogP contribution in [0.15, 0.2) is 30.3 Å². The van der Waals surface area contributed by atoms with E-state index in [-0.39, 0.29) is 32.8 Å². The largest absolute Gasteiger partial charge is 0.481 e. The fourth-order valence-electron chi connectivity index (χ4n) is 1.85. The molecule has 100 valence electrons. The molecule has 0 heterocycles. The predicted octanol–water partition coefficient (Wildman–Crippen LogP) is 0.367. The Kier molecular flexibility index (Phi) is 5.77. The number of carboxylic acids is 1. The Morgan fingerprint density at radius 3 is 2.44 bits per heavy atom. The Bertz CT molecular complexity index is 369. The number of nitrogens with two attached hydrogens (primary N) is 1. The normalized spacial score (nSPS) is 14.1. The molecular weight excluding hydrogens is 234 g/mol. The number of benzene rings is 1. The van der Waals surface area contributed by atoms with Crippen LogP contribution in [0.25, 0.3) is 0 Å². The molecule has 0 aromatic heterocycles. The van der Waals surface area contributed by atoms with Crippen molar-refractivity contribution in [3.05, 3.63) is 35.9 Å². The van der Waals surface area contributed by atoms with Crippen molar-refractivity contribution in [2.75, 3.05) is 26.4 Å². The second-order valence-corrected chi connectivity index (χ2v) is 4.04. The zero-order chi connectivity index (χ0) is 13.4. The van der Waals surface area contributed by atoms with Gasteiger partial charge in [-0.25, -0.2) is 0 Å². The van der Waals surface area contributed by atoms with E-state index in [1.165, 1.54) is 0 Å². The van der Waals surface area contributed by atoms with Crippen LogP contribution >= 0.6 is 0 Å². The lowest BCUT2D eigenvalue weighted by Gasteiger charge is -2.28. The average Bonchev–Trinajstić information content (AvgIpc) is 2.40. The van der Waals surface area contributed by atoms with Gasteiger partial charge in [-0.15, -0.1) is 0 Å². The Labute approximate surface area is 106 Å². The van der Waals surface area contributed by atoms with Gasteiger partial charge in [-0.2, -0.15) is 0 Å². The van der Waals surface area contributed by atoms with Crippen LogP contribution in [0.5, 0.6) is 0 Å². The molecule has 0 aliphatic carbocycles.